The van der Waals surface area contributed by atoms with Gasteiger partial charge < -0.3 is 0 Å². The third kappa shape index (κ3) is 3.32. The minimum atomic E-state index is -0.199. The van der Waals surface area contributed by atoms with Gasteiger partial charge in [0.05, 0.1) is 5.71 Å². The molecule has 3 heteroatoms. The lowest BCUT2D eigenvalue weighted by Crippen LogP contribution is -2.19. The first-order valence-electron chi connectivity index (χ1n) is 6.55. The van der Waals surface area contributed by atoms with Gasteiger partial charge in [0.15, 0.2) is 0 Å². The molecule has 0 saturated heterocycles. The van der Waals surface area contributed by atoms with Gasteiger partial charge in [-0.05, 0) is 44.5 Å². The van der Waals surface area contributed by atoms with Gasteiger partial charge in [0.2, 0.25) is 0 Å². The largest absolute Gasteiger partial charge is 0.271 e. The van der Waals surface area contributed by atoms with Crippen molar-refractivity contribution in [3.63, 3.8) is 0 Å². The summed E-state index contributed by atoms with van der Waals surface area (Å²) in [4.78, 5) is 11.9. The molecule has 0 unspecified atom stereocenters. The fraction of sp³-hybridized carbons (Fsp3) is 0.176. The van der Waals surface area contributed by atoms with E-state index in [-0.39, 0.29) is 5.91 Å². The van der Waals surface area contributed by atoms with E-state index >= 15 is 0 Å². The van der Waals surface area contributed by atoms with E-state index in [9.17, 15) is 4.79 Å². The second-order valence-corrected chi connectivity index (χ2v) is 4.82. The molecule has 0 aromatic heterocycles. The molecule has 20 heavy (non-hydrogen) atoms. The molecule has 0 bridgehead atoms. The van der Waals surface area contributed by atoms with Crippen LogP contribution >= 0.6 is 0 Å². The highest BCUT2D eigenvalue weighted by Gasteiger charge is 2.05. The van der Waals surface area contributed by atoms with Gasteiger partial charge in [-0.15, -0.1) is 0 Å². The van der Waals surface area contributed by atoms with Gasteiger partial charge in [0, 0.05) is 11.1 Å². The summed E-state index contributed by atoms with van der Waals surface area (Å²) in [5.74, 6) is -0.199. The second-order valence-electron chi connectivity index (χ2n) is 4.82. The first-order chi connectivity index (χ1) is 9.58. The van der Waals surface area contributed by atoms with Crippen LogP contribution in [0, 0.1) is 13.8 Å². The van der Waals surface area contributed by atoms with Crippen LogP contribution in [0.2, 0.25) is 0 Å². The molecule has 0 aliphatic rings. The number of hydrogen-bond acceptors (Lipinski definition) is 2. The number of nitrogens with zero attached hydrogens (tertiary/aromatic N) is 1. The first-order valence-corrected chi connectivity index (χ1v) is 6.55. The summed E-state index contributed by atoms with van der Waals surface area (Å²) in [5.41, 5.74) is 7.37. The highest BCUT2D eigenvalue weighted by Crippen LogP contribution is 2.11. The summed E-state index contributed by atoms with van der Waals surface area (Å²) in [7, 11) is 0. The average Bonchev–Trinajstić information content (AvgIpc) is 2.47. The van der Waals surface area contributed by atoms with E-state index in [4.69, 9.17) is 0 Å². The Labute approximate surface area is 119 Å². The van der Waals surface area contributed by atoms with Crippen LogP contribution in [-0.2, 0) is 0 Å². The summed E-state index contributed by atoms with van der Waals surface area (Å²) in [6, 6.07) is 15.3. The molecule has 0 aliphatic heterocycles. The highest BCUT2D eigenvalue weighted by molar-refractivity contribution is 6.01. The molecule has 0 spiro atoms. The number of amides is 1. The van der Waals surface area contributed by atoms with Gasteiger partial charge in [-0.25, -0.2) is 5.43 Å². The fourth-order valence-corrected chi connectivity index (χ4v) is 1.97. The van der Waals surface area contributed by atoms with E-state index in [1.165, 1.54) is 5.56 Å². The van der Waals surface area contributed by atoms with Crippen molar-refractivity contribution in [3.05, 3.63) is 70.8 Å². The molecule has 0 aliphatic carbocycles. The molecule has 2 aromatic carbocycles. The standard InChI is InChI=1S/C17H18N2O/c1-12-9-10-13(2)16(11-12)14(3)18-19-17(20)15-7-5-4-6-8-15/h4-11H,1-3H3,(H,19,20)/b18-14+. The average molecular weight is 266 g/mol. The molecule has 2 aromatic rings. The predicted octanol–water partition coefficient (Wildman–Crippen LogP) is 3.46. The van der Waals surface area contributed by atoms with Crippen molar-refractivity contribution in [3.8, 4) is 0 Å². The summed E-state index contributed by atoms with van der Waals surface area (Å²) < 4.78 is 0. The lowest BCUT2D eigenvalue weighted by atomic mass is 10.0. The van der Waals surface area contributed by atoms with Crippen LogP contribution in [0.15, 0.2) is 53.6 Å². The van der Waals surface area contributed by atoms with Gasteiger partial charge in [-0.3, -0.25) is 4.79 Å². The smallest absolute Gasteiger partial charge is 0.267 e. The van der Waals surface area contributed by atoms with Crippen molar-refractivity contribution in [1.29, 1.82) is 0 Å². The van der Waals surface area contributed by atoms with Crippen LogP contribution in [0.1, 0.15) is 34.0 Å². The molecule has 0 radical (unpaired) electrons. The number of rotatable bonds is 3. The number of carbonyl (C=O) groups is 1. The lowest BCUT2D eigenvalue weighted by Gasteiger charge is -2.07. The second kappa shape index (κ2) is 6.15. The van der Waals surface area contributed by atoms with E-state index in [2.05, 4.69) is 28.7 Å². The Kier molecular flexibility index (Phi) is 4.31. The molecule has 0 heterocycles. The van der Waals surface area contributed by atoms with Crippen LogP contribution in [0.4, 0.5) is 0 Å². The summed E-state index contributed by atoms with van der Waals surface area (Å²) in [6.45, 7) is 5.97. The van der Waals surface area contributed by atoms with Crippen LogP contribution in [0.3, 0.4) is 0 Å². The SMILES string of the molecule is C/C(=N\NC(=O)c1ccccc1)c1cc(C)ccc1C. The number of hydrazone groups is 1. The minimum Gasteiger partial charge on any atom is -0.267 e. The number of nitrogens with one attached hydrogen (secondary N) is 1. The number of hydrogen-bond donors (Lipinski definition) is 1. The maximum atomic E-state index is 11.9. The van der Waals surface area contributed by atoms with Crippen molar-refractivity contribution < 1.29 is 4.79 Å². The zero-order valence-electron chi connectivity index (χ0n) is 12.0. The van der Waals surface area contributed by atoms with Gasteiger partial charge in [0.25, 0.3) is 5.91 Å². The highest BCUT2D eigenvalue weighted by atomic mass is 16.2. The van der Waals surface area contributed by atoms with Crippen LogP contribution < -0.4 is 5.43 Å². The number of carbonyl (C=O) groups excluding carboxylic acids is 1. The normalized spacial score (nSPS) is 11.2. The Hall–Kier alpha value is -2.42. The van der Waals surface area contributed by atoms with Crippen molar-refractivity contribution in [2.45, 2.75) is 20.8 Å². The Bertz CT molecular complexity index is 645. The van der Waals surface area contributed by atoms with E-state index in [0.717, 1.165) is 16.8 Å². The van der Waals surface area contributed by atoms with Crippen LogP contribution in [0.5, 0.6) is 0 Å². The van der Waals surface area contributed by atoms with E-state index in [0.29, 0.717) is 5.56 Å². The Morgan fingerprint density at radius 3 is 2.45 bits per heavy atom. The van der Waals surface area contributed by atoms with Gasteiger partial charge in [0.1, 0.15) is 0 Å². The maximum Gasteiger partial charge on any atom is 0.271 e. The Morgan fingerprint density at radius 1 is 1.05 bits per heavy atom. The van der Waals surface area contributed by atoms with Crippen LogP contribution in [-0.4, -0.2) is 11.6 Å². The predicted molar refractivity (Wildman–Crippen MR) is 82.0 cm³/mol. The van der Waals surface area contributed by atoms with E-state index in [1.807, 2.05) is 39.0 Å². The van der Waals surface area contributed by atoms with Crippen molar-refractivity contribution in [2.75, 3.05) is 0 Å². The van der Waals surface area contributed by atoms with Gasteiger partial charge in [-0.1, -0.05) is 35.9 Å². The maximum absolute atomic E-state index is 11.9. The molecule has 2 rings (SSSR count). The zero-order valence-corrected chi connectivity index (χ0v) is 12.0. The van der Waals surface area contributed by atoms with Crippen molar-refractivity contribution in [1.82, 2.24) is 5.43 Å². The Balaban J connectivity index is 2.15. The lowest BCUT2D eigenvalue weighted by molar-refractivity contribution is 0.0955. The Morgan fingerprint density at radius 2 is 1.75 bits per heavy atom. The molecule has 0 fully saturated rings. The van der Waals surface area contributed by atoms with E-state index in [1.54, 1.807) is 12.1 Å². The zero-order chi connectivity index (χ0) is 14.5. The molecule has 1 N–H and O–H groups in total. The van der Waals surface area contributed by atoms with Crippen molar-refractivity contribution >= 4 is 11.6 Å². The molecular weight excluding hydrogens is 248 g/mol. The van der Waals surface area contributed by atoms with Gasteiger partial charge >= 0.3 is 0 Å². The number of aryl methyl sites for hydroxylation is 2. The van der Waals surface area contributed by atoms with E-state index < -0.39 is 0 Å². The molecule has 1 amide bonds. The summed E-state index contributed by atoms with van der Waals surface area (Å²) in [5, 5.41) is 4.19. The molecule has 0 saturated carbocycles. The number of benzene rings is 2. The first kappa shape index (κ1) is 14.0. The molecule has 0 atom stereocenters. The monoisotopic (exact) mass is 266 g/mol. The van der Waals surface area contributed by atoms with Crippen molar-refractivity contribution in [2.24, 2.45) is 5.10 Å². The summed E-state index contributed by atoms with van der Waals surface area (Å²) in [6.07, 6.45) is 0. The van der Waals surface area contributed by atoms with Crippen LogP contribution in [0.25, 0.3) is 0 Å². The molecule has 3 nitrogen and oxygen atoms in total. The topological polar surface area (TPSA) is 41.5 Å². The third-order valence-corrected chi connectivity index (χ3v) is 3.14. The fourth-order valence-electron chi connectivity index (χ4n) is 1.97. The minimum absolute atomic E-state index is 0.199. The van der Waals surface area contributed by atoms with Gasteiger partial charge in [-0.2, -0.15) is 5.10 Å². The third-order valence-electron chi connectivity index (χ3n) is 3.14. The summed E-state index contributed by atoms with van der Waals surface area (Å²) >= 11 is 0. The quantitative estimate of drug-likeness (QED) is 0.671. The molecule has 102 valence electrons. The molecular formula is C17H18N2O.